The van der Waals surface area contributed by atoms with Crippen molar-refractivity contribution >= 4 is 22.8 Å². The van der Waals surface area contributed by atoms with Gasteiger partial charge in [0, 0.05) is 46.6 Å². The first-order chi connectivity index (χ1) is 23.3. The van der Waals surface area contributed by atoms with Gasteiger partial charge in [0.25, 0.3) is 0 Å². The lowest BCUT2D eigenvalue weighted by Crippen LogP contribution is -2.14. The molecule has 2 N–H and O–H groups in total. The molecule has 0 radical (unpaired) electrons. The normalized spacial score (nSPS) is 14.1. The summed E-state index contributed by atoms with van der Waals surface area (Å²) in [6.07, 6.45) is 11.7. The van der Waals surface area contributed by atoms with Gasteiger partial charge in [0.2, 0.25) is 0 Å². The largest absolute Gasteiger partial charge is 0.359 e. The average Bonchev–Trinajstić information content (AvgIpc) is 3.10. The van der Waals surface area contributed by atoms with Crippen LogP contribution in [0.15, 0.2) is 119 Å². The maximum atomic E-state index is 5.29. The van der Waals surface area contributed by atoms with Crippen LogP contribution in [0.5, 0.6) is 0 Å². The average molecular weight is 641 g/mol. The van der Waals surface area contributed by atoms with E-state index in [-0.39, 0.29) is 12.1 Å². The Morgan fingerprint density at radius 1 is 0.542 bits per heavy atom. The molecule has 4 rings (SSSR count). The summed E-state index contributed by atoms with van der Waals surface area (Å²) in [4.78, 5) is 20.1. The number of rotatable bonds is 15. The zero-order valence-electron chi connectivity index (χ0n) is 30.0. The molecule has 0 aliphatic heterocycles. The van der Waals surface area contributed by atoms with Crippen LogP contribution in [-0.2, 0) is 25.7 Å². The van der Waals surface area contributed by atoms with Gasteiger partial charge in [-0.15, -0.1) is 0 Å². The summed E-state index contributed by atoms with van der Waals surface area (Å²) in [5.74, 6) is 0. The van der Waals surface area contributed by atoms with E-state index in [9.17, 15) is 0 Å². The van der Waals surface area contributed by atoms with Gasteiger partial charge in [0.15, 0.2) is 0 Å². The second-order valence-corrected chi connectivity index (χ2v) is 12.2. The van der Waals surface area contributed by atoms with Crippen molar-refractivity contribution in [3.8, 4) is 0 Å². The molecule has 0 bridgehead atoms. The summed E-state index contributed by atoms with van der Waals surface area (Å²) in [7, 11) is 0. The zero-order chi connectivity index (χ0) is 34.5. The van der Waals surface area contributed by atoms with Gasteiger partial charge in [0.1, 0.15) is 12.1 Å². The number of aryl methyl sites for hydroxylation is 4. The number of hydrogen-bond acceptors (Lipinski definition) is 6. The van der Waals surface area contributed by atoms with Crippen LogP contribution >= 0.6 is 0 Å². The van der Waals surface area contributed by atoms with E-state index in [0.29, 0.717) is 0 Å². The summed E-state index contributed by atoms with van der Waals surface area (Å²) >= 11 is 0. The maximum absolute atomic E-state index is 5.29. The Balaban J connectivity index is 1.74. The molecule has 0 unspecified atom stereocenters. The number of nitrogens with one attached hydrogen (secondary N) is 2. The van der Waals surface area contributed by atoms with E-state index in [4.69, 9.17) is 20.0 Å². The van der Waals surface area contributed by atoms with Gasteiger partial charge in [-0.25, -0.2) is 0 Å². The second-order valence-electron chi connectivity index (χ2n) is 12.2. The number of para-hydroxylation sites is 2. The van der Waals surface area contributed by atoms with Crippen molar-refractivity contribution in [3.63, 3.8) is 0 Å². The highest BCUT2D eigenvalue weighted by Crippen LogP contribution is 2.35. The number of nitrogens with zero attached hydrogens (tertiary/aromatic N) is 4. The molecule has 2 atom stereocenters. The second kappa shape index (κ2) is 17.9. The molecule has 2 aromatic carbocycles. The summed E-state index contributed by atoms with van der Waals surface area (Å²) in [5, 5.41) is 7.37. The number of benzene rings is 2. The van der Waals surface area contributed by atoms with Crippen LogP contribution in [-0.4, -0.2) is 21.4 Å². The number of anilines is 2. The quantitative estimate of drug-likeness (QED) is 0.127. The molecular weight excluding hydrogens is 589 g/mol. The lowest BCUT2D eigenvalue weighted by molar-refractivity contribution is 0.553. The van der Waals surface area contributed by atoms with Gasteiger partial charge in [0.05, 0.1) is 11.4 Å². The van der Waals surface area contributed by atoms with Crippen LogP contribution in [0.25, 0.3) is 0 Å². The minimum Gasteiger partial charge on any atom is -0.359 e. The fraction of sp³-hybridized carbons (Fsp3) is 0.333. The molecule has 6 heteroatoms. The first-order valence-corrected chi connectivity index (χ1v) is 17.3. The highest BCUT2D eigenvalue weighted by molar-refractivity contribution is 5.95. The molecule has 0 fully saturated rings. The van der Waals surface area contributed by atoms with Gasteiger partial charge in [-0.05, 0) is 112 Å². The predicted molar refractivity (Wildman–Crippen MR) is 205 cm³/mol. The molecule has 0 aliphatic rings. The minimum absolute atomic E-state index is 0.386. The van der Waals surface area contributed by atoms with Gasteiger partial charge in [-0.1, -0.05) is 76.2 Å². The molecular formula is C42H52N6. The van der Waals surface area contributed by atoms with Crippen LogP contribution < -0.4 is 10.6 Å². The van der Waals surface area contributed by atoms with Crippen molar-refractivity contribution in [2.75, 3.05) is 10.6 Å². The zero-order valence-corrected chi connectivity index (χ0v) is 30.0. The van der Waals surface area contributed by atoms with Crippen molar-refractivity contribution in [1.82, 2.24) is 9.97 Å². The Morgan fingerprint density at radius 3 is 1.19 bits per heavy atom. The monoisotopic (exact) mass is 640 g/mol. The van der Waals surface area contributed by atoms with Crippen LogP contribution in [0.3, 0.4) is 0 Å². The molecule has 0 aliphatic carbocycles. The van der Waals surface area contributed by atoms with Crippen LogP contribution in [0.4, 0.5) is 11.4 Å². The molecule has 48 heavy (non-hydrogen) atoms. The molecule has 250 valence electrons. The van der Waals surface area contributed by atoms with E-state index in [1.165, 1.54) is 33.6 Å². The van der Waals surface area contributed by atoms with E-state index < -0.39 is 0 Å². The number of hydrogen-bond donors (Lipinski definition) is 2. The summed E-state index contributed by atoms with van der Waals surface area (Å²) < 4.78 is 0. The molecule has 2 aromatic heterocycles. The van der Waals surface area contributed by atoms with E-state index in [1.54, 1.807) is 0 Å². The minimum atomic E-state index is -0.386. The Labute approximate surface area is 288 Å². The SMILES string of the molecule is CCc1cccc(CC)c1NC(C)=CC(C)=N[C@@H](c1ccccn1)[C@@H](N=C(C)/C=C(/C)Nc1c(CC)cccc1CC)c1ccccn1. The van der Waals surface area contributed by atoms with Gasteiger partial charge in [-0.3, -0.25) is 20.0 Å². The third kappa shape index (κ3) is 9.60. The molecule has 0 spiro atoms. The molecule has 2 heterocycles. The molecule has 4 aromatic rings. The Kier molecular flexibility index (Phi) is 13.4. The highest BCUT2D eigenvalue weighted by atomic mass is 15.0. The molecule has 0 saturated heterocycles. The number of pyridine rings is 2. The third-order valence-corrected chi connectivity index (χ3v) is 8.46. The van der Waals surface area contributed by atoms with Crippen LogP contribution in [0.2, 0.25) is 0 Å². The van der Waals surface area contributed by atoms with E-state index in [0.717, 1.165) is 59.9 Å². The smallest absolute Gasteiger partial charge is 0.120 e. The van der Waals surface area contributed by atoms with Crippen molar-refractivity contribution in [2.24, 2.45) is 9.98 Å². The third-order valence-electron chi connectivity index (χ3n) is 8.46. The Hall–Kier alpha value is -4.84. The fourth-order valence-electron chi connectivity index (χ4n) is 6.11. The Bertz CT molecular complexity index is 1580. The van der Waals surface area contributed by atoms with Crippen LogP contribution in [0, 0.1) is 0 Å². The van der Waals surface area contributed by atoms with Crippen molar-refractivity contribution < 1.29 is 0 Å². The highest BCUT2D eigenvalue weighted by Gasteiger charge is 2.26. The molecule has 0 saturated carbocycles. The van der Waals surface area contributed by atoms with Gasteiger partial charge in [-0.2, -0.15) is 0 Å². The lowest BCUT2D eigenvalue weighted by Gasteiger charge is -2.22. The first kappa shape index (κ1) is 36.0. The number of allylic oxidation sites excluding steroid dienone is 4. The van der Waals surface area contributed by atoms with E-state index in [2.05, 4.69) is 101 Å². The molecule has 0 amide bonds. The maximum Gasteiger partial charge on any atom is 0.120 e. The predicted octanol–water partition coefficient (Wildman–Crippen LogP) is 10.5. The summed E-state index contributed by atoms with van der Waals surface area (Å²) in [6, 6.07) is 24.2. The number of aromatic nitrogens is 2. The van der Waals surface area contributed by atoms with Crippen molar-refractivity contribution in [3.05, 3.63) is 142 Å². The topological polar surface area (TPSA) is 74.6 Å². The fourth-order valence-corrected chi connectivity index (χ4v) is 6.11. The van der Waals surface area contributed by atoms with E-state index >= 15 is 0 Å². The van der Waals surface area contributed by atoms with Crippen molar-refractivity contribution in [1.29, 1.82) is 0 Å². The standard InChI is InChI=1S/C42H52N6/c1-9-33-19-17-20-34(10-2)39(33)45-29(5)27-31(7)47-41(37-23-13-15-25-43-37)42(38-24-14-16-26-44-38)48-32(8)28-30(6)46-40-35(11-3)21-18-22-36(40)12-4/h13-28,41-42,45-46H,9-12H2,1-8H3/b29-27-,30-28?,47-31?,48-32?/t41-,42-/m0/s1. The van der Waals surface area contributed by atoms with Crippen molar-refractivity contribution in [2.45, 2.75) is 93.2 Å². The summed E-state index contributed by atoms with van der Waals surface area (Å²) in [6.45, 7) is 17.1. The van der Waals surface area contributed by atoms with Gasteiger partial charge < -0.3 is 10.6 Å². The lowest BCUT2D eigenvalue weighted by atomic mass is 10.0. The summed E-state index contributed by atoms with van der Waals surface area (Å²) in [5.41, 5.74) is 13.1. The van der Waals surface area contributed by atoms with Crippen LogP contribution in [0.1, 0.15) is 101 Å². The Morgan fingerprint density at radius 2 is 0.896 bits per heavy atom. The van der Waals surface area contributed by atoms with Gasteiger partial charge >= 0.3 is 0 Å². The first-order valence-electron chi connectivity index (χ1n) is 17.3. The molecule has 6 nitrogen and oxygen atoms in total. The van der Waals surface area contributed by atoms with E-state index in [1.807, 2.05) is 62.6 Å². The number of aliphatic imine (C=N–C) groups is 2.